The van der Waals surface area contributed by atoms with Crippen molar-refractivity contribution in [3.8, 4) is 0 Å². The first kappa shape index (κ1) is 14.4. The molecule has 2 rings (SSSR count). The molecule has 0 saturated carbocycles. The van der Waals surface area contributed by atoms with Crippen molar-refractivity contribution in [2.24, 2.45) is 5.73 Å². The lowest BCUT2D eigenvalue weighted by Crippen LogP contribution is -2.17. The SMILES string of the molecule is Cc1cc(C)c(C(N)=S)c(NCc2ccncc2C)n1. The summed E-state index contributed by atoms with van der Waals surface area (Å²) in [5.41, 5.74) is 10.9. The first-order chi connectivity index (χ1) is 9.49. The quantitative estimate of drug-likeness (QED) is 0.846. The number of nitrogens with two attached hydrogens (primary N) is 1. The van der Waals surface area contributed by atoms with E-state index in [4.69, 9.17) is 18.0 Å². The van der Waals surface area contributed by atoms with Gasteiger partial charge in [0.2, 0.25) is 0 Å². The number of aromatic nitrogens is 2. The van der Waals surface area contributed by atoms with Crippen LogP contribution in [0, 0.1) is 20.8 Å². The summed E-state index contributed by atoms with van der Waals surface area (Å²) in [4.78, 5) is 8.96. The average molecular weight is 286 g/mol. The van der Waals surface area contributed by atoms with Gasteiger partial charge < -0.3 is 11.1 Å². The number of thiocarbonyl (C=S) groups is 1. The van der Waals surface area contributed by atoms with Crippen LogP contribution in [0.1, 0.15) is 27.9 Å². The summed E-state index contributed by atoms with van der Waals surface area (Å²) in [5, 5.41) is 3.33. The Kier molecular flexibility index (Phi) is 4.29. The van der Waals surface area contributed by atoms with Gasteiger partial charge in [0.25, 0.3) is 0 Å². The van der Waals surface area contributed by atoms with Crippen molar-refractivity contribution in [1.29, 1.82) is 0 Å². The Morgan fingerprint density at radius 1 is 1.30 bits per heavy atom. The van der Waals surface area contributed by atoms with Crippen LogP contribution >= 0.6 is 12.2 Å². The second kappa shape index (κ2) is 5.96. The Hall–Kier alpha value is -2.01. The van der Waals surface area contributed by atoms with E-state index >= 15 is 0 Å². The van der Waals surface area contributed by atoms with E-state index in [0.717, 1.165) is 28.2 Å². The number of nitrogens with one attached hydrogen (secondary N) is 1. The molecule has 0 aliphatic heterocycles. The topological polar surface area (TPSA) is 63.8 Å². The lowest BCUT2D eigenvalue weighted by atomic mass is 10.1. The molecule has 5 heteroatoms. The van der Waals surface area contributed by atoms with Crippen LogP contribution in [0.5, 0.6) is 0 Å². The Morgan fingerprint density at radius 3 is 2.70 bits per heavy atom. The van der Waals surface area contributed by atoms with Gasteiger partial charge in [-0.3, -0.25) is 4.98 Å². The van der Waals surface area contributed by atoms with E-state index in [2.05, 4.69) is 15.3 Å². The molecule has 0 bridgehead atoms. The maximum absolute atomic E-state index is 5.81. The van der Waals surface area contributed by atoms with Gasteiger partial charge in [0.15, 0.2) is 0 Å². The molecule has 2 heterocycles. The predicted octanol–water partition coefficient (Wildman–Crippen LogP) is 2.65. The molecule has 0 unspecified atom stereocenters. The number of hydrogen-bond donors (Lipinski definition) is 2. The molecule has 0 amide bonds. The van der Waals surface area contributed by atoms with Gasteiger partial charge in [0.05, 0.1) is 5.56 Å². The highest BCUT2D eigenvalue weighted by atomic mass is 32.1. The number of nitrogens with zero attached hydrogens (tertiary/aromatic N) is 2. The lowest BCUT2D eigenvalue weighted by molar-refractivity contribution is 1.05. The third kappa shape index (κ3) is 3.11. The Morgan fingerprint density at radius 2 is 2.05 bits per heavy atom. The van der Waals surface area contributed by atoms with Crippen LogP contribution in [0.25, 0.3) is 0 Å². The van der Waals surface area contributed by atoms with Crippen molar-refractivity contribution in [2.45, 2.75) is 27.3 Å². The largest absolute Gasteiger partial charge is 0.389 e. The first-order valence-corrected chi connectivity index (χ1v) is 6.81. The molecule has 0 aliphatic rings. The number of aryl methyl sites for hydroxylation is 3. The van der Waals surface area contributed by atoms with E-state index < -0.39 is 0 Å². The van der Waals surface area contributed by atoms with Crippen LogP contribution in [0.2, 0.25) is 0 Å². The smallest absolute Gasteiger partial charge is 0.137 e. The zero-order valence-corrected chi connectivity index (χ0v) is 12.7. The molecular weight excluding hydrogens is 268 g/mol. The minimum Gasteiger partial charge on any atom is -0.389 e. The molecule has 0 radical (unpaired) electrons. The Labute approximate surface area is 124 Å². The molecule has 2 aromatic rings. The number of pyridine rings is 2. The van der Waals surface area contributed by atoms with Gasteiger partial charge in [-0.15, -0.1) is 0 Å². The van der Waals surface area contributed by atoms with Crippen LogP contribution < -0.4 is 11.1 Å². The summed E-state index contributed by atoms with van der Waals surface area (Å²) in [6, 6.07) is 3.97. The Bertz CT molecular complexity index is 652. The van der Waals surface area contributed by atoms with Crippen LogP contribution in [-0.4, -0.2) is 15.0 Å². The summed E-state index contributed by atoms with van der Waals surface area (Å²) in [5.74, 6) is 0.742. The first-order valence-electron chi connectivity index (χ1n) is 6.40. The molecule has 0 fully saturated rings. The third-order valence-corrected chi connectivity index (χ3v) is 3.38. The molecule has 104 valence electrons. The van der Waals surface area contributed by atoms with E-state index in [1.165, 1.54) is 5.56 Å². The van der Waals surface area contributed by atoms with E-state index in [-0.39, 0.29) is 0 Å². The summed E-state index contributed by atoms with van der Waals surface area (Å²) < 4.78 is 0. The molecule has 0 aliphatic carbocycles. The van der Waals surface area contributed by atoms with Crippen molar-refractivity contribution in [3.05, 3.63) is 52.5 Å². The monoisotopic (exact) mass is 286 g/mol. The number of hydrogen-bond acceptors (Lipinski definition) is 4. The molecule has 0 atom stereocenters. The summed E-state index contributed by atoms with van der Waals surface area (Å²) in [6.45, 7) is 6.65. The summed E-state index contributed by atoms with van der Waals surface area (Å²) >= 11 is 5.12. The maximum Gasteiger partial charge on any atom is 0.137 e. The van der Waals surface area contributed by atoms with E-state index in [0.29, 0.717) is 11.5 Å². The summed E-state index contributed by atoms with van der Waals surface area (Å²) in [7, 11) is 0. The van der Waals surface area contributed by atoms with Crippen molar-refractivity contribution in [3.63, 3.8) is 0 Å². The fourth-order valence-corrected chi connectivity index (χ4v) is 2.41. The van der Waals surface area contributed by atoms with Gasteiger partial charge in [-0.05, 0) is 49.6 Å². The third-order valence-electron chi connectivity index (χ3n) is 3.17. The number of anilines is 1. The van der Waals surface area contributed by atoms with Gasteiger partial charge in [0, 0.05) is 24.6 Å². The Balaban J connectivity index is 2.30. The highest BCUT2D eigenvalue weighted by molar-refractivity contribution is 7.80. The van der Waals surface area contributed by atoms with Crippen LogP contribution in [-0.2, 0) is 6.54 Å². The average Bonchev–Trinajstić information content (AvgIpc) is 2.36. The van der Waals surface area contributed by atoms with Crippen LogP contribution in [0.15, 0.2) is 24.5 Å². The molecule has 20 heavy (non-hydrogen) atoms. The highest BCUT2D eigenvalue weighted by Crippen LogP contribution is 2.19. The fourth-order valence-electron chi connectivity index (χ4n) is 2.16. The maximum atomic E-state index is 5.81. The normalized spacial score (nSPS) is 10.3. The molecule has 0 saturated heterocycles. The van der Waals surface area contributed by atoms with Gasteiger partial charge in [0.1, 0.15) is 10.8 Å². The molecule has 0 spiro atoms. The van der Waals surface area contributed by atoms with E-state index in [9.17, 15) is 0 Å². The molecule has 0 aromatic carbocycles. The fraction of sp³-hybridized carbons (Fsp3) is 0.267. The zero-order chi connectivity index (χ0) is 14.7. The molecule has 4 nitrogen and oxygen atoms in total. The van der Waals surface area contributed by atoms with E-state index in [1.807, 2.05) is 39.1 Å². The lowest BCUT2D eigenvalue weighted by Gasteiger charge is -2.14. The second-order valence-corrected chi connectivity index (χ2v) is 5.26. The van der Waals surface area contributed by atoms with Crippen LogP contribution in [0.3, 0.4) is 0 Å². The predicted molar refractivity (Wildman–Crippen MR) is 85.9 cm³/mol. The zero-order valence-electron chi connectivity index (χ0n) is 11.9. The second-order valence-electron chi connectivity index (χ2n) is 4.82. The van der Waals surface area contributed by atoms with Gasteiger partial charge >= 0.3 is 0 Å². The molecule has 3 N–H and O–H groups in total. The van der Waals surface area contributed by atoms with Crippen LogP contribution in [0.4, 0.5) is 5.82 Å². The van der Waals surface area contributed by atoms with Gasteiger partial charge in [-0.2, -0.15) is 0 Å². The summed E-state index contributed by atoms with van der Waals surface area (Å²) in [6.07, 6.45) is 3.63. The molecule has 2 aromatic heterocycles. The molecular formula is C15H18N4S. The number of rotatable bonds is 4. The standard InChI is InChI=1S/C15H18N4S/c1-9-6-11(3)19-15(13(9)14(16)20)18-8-12-4-5-17-7-10(12)2/h4-7H,8H2,1-3H3,(H2,16,20)(H,18,19). The van der Waals surface area contributed by atoms with Gasteiger partial charge in [-0.1, -0.05) is 12.2 Å². The minimum absolute atomic E-state index is 0.365. The minimum atomic E-state index is 0.365. The van der Waals surface area contributed by atoms with Crippen molar-refractivity contribution >= 4 is 23.0 Å². The highest BCUT2D eigenvalue weighted by Gasteiger charge is 2.11. The van der Waals surface area contributed by atoms with E-state index in [1.54, 1.807) is 6.20 Å². The van der Waals surface area contributed by atoms with Crippen molar-refractivity contribution < 1.29 is 0 Å². The van der Waals surface area contributed by atoms with Crippen molar-refractivity contribution in [2.75, 3.05) is 5.32 Å². The van der Waals surface area contributed by atoms with Gasteiger partial charge in [-0.25, -0.2) is 4.98 Å². The van der Waals surface area contributed by atoms with Crippen molar-refractivity contribution in [1.82, 2.24) is 9.97 Å².